The normalized spacial score (nSPS) is 12.4. The van der Waals surface area contributed by atoms with Crippen molar-refractivity contribution in [2.45, 2.75) is 52.0 Å². The highest BCUT2D eigenvalue weighted by molar-refractivity contribution is 5.30. The van der Waals surface area contributed by atoms with E-state index in [-0.39, 0.29) is 6.04 Å². The van der Waals surface area contributed by atoms with Gasteiger partial charge in [0.15, 0.2) is 0 Å². The van der Waals surface area contributed by atoms with E-state index in [2.05, 4.69) is 19.1 Å². The zero-order chi connectivity index (χ0) is 12.5. The van der Waals surface area contributed by atoms with Gasteiger partial charge in [-0.2, -0.15) is 0 Å². The smallest absolute Gasteiger partial charge is 0.119 e. The molecule has 1 rings (SSSR count). The third-order valence-corrected chi connectivity index (χ3v) is 2.97. The molecule has 0 fully saturated rings. The van der Waals surface area contributed by atoms with Crippen molar-refractivity contribution in [2.24, 2.45) is 5.73 Å². The lowest BCUT2D eigenvalue weighted by atomic mass is 10.0. The van der Waals surface area contributed by atoms with Crippen LogP contribution in [0.4, 0.5) is 0 Å². The predicted octanol–water partition coefficient (Wildman–Crippen LogP) is 4.06. The van der Waals surface area contributed by atoms with Gasteiger partial charge in [-0.3, -0.25) is 0 Å². The minimum atomic E-state index is 0.146. The Labute approximate surface area is 105 Å². The van der Waals surface area contributed by atoms with Crippen LogP contribution in [0.1, 0.15) is 57.6 Å². The molecule has 2 N–H and O–H groups in total. The molecule has 0 spiro atoms. The van der Waals surface area contributed by atoms with Gasteiger partial charge in [0.2, 0.25) is 0 Å². The van der Waals surface area contributed by atoms with E-state index in [0.717, 1.165) is 12.2 Å². The Morgan fingerprint density at radius 1 is 1.18 bits per heavy atom. The third-order valence-electron chi connectivity index (χ3n) is 2.97. The van der Waals surface area contributed by atoms with E-state index in [1.54, 1.807) is 0 Å². The summed E-state index contributed by atoms with van der Waals surface area (Å²) in [5.41, 5.74) is 7.37. The number of unbranched alkanes of at least 4 members (excludes halogenated alkanes) is 3. The van der Waals surface area contributed by atoms with E-state index in [1.807, 2.05) is 19.1 Å². The molecule has 0 heterocycles. The summed E-state index contributed by atoms with van der Waals surface area (Å²) in [5, 5.41) is 0. The molecule has 1 atom stereocenters. The molecule has 1 aromatic rings. The first-order valence-electron chi connectivity index (χ1n) is 6.76. The van der Waals surface area contributed by atoms with Crippen molar-refractivity contribution >= 4 is 0 Å². The van der Waals surface area contributed by atoms with Crippen molar-refractivity contribution in [1.29, 1.82) is 0 Å². The Kier molecular flexibility index (Phi) is 6.71. The summed E-state index contributed by atoms with van der Waals surface area (Å²) in [6, 6.07) is 8.30. The Morgan fingerprint density at radius 3 is 2.71 bits per heavy atom. The van der Waals surface area contributed by atoms with E-state index in [1.165, 1.54) is 31.2 Å². The first-order chi connectivity index (χ1) is 8.27. The van der Waals surface area contributed by atoms with Crippen molar-refractivity contribution in [3.05, 3.63) is 29.8 Å². The van der Waals surface area contributed by atoms with Gasteiger partial charge in [0.1, 0.15) is 5.75 Å². The Balaban J connectivity index is 2.44. The fraction of sp³-hybridized carbons (Fsp3) is 0.600. The summed E-state index contributed by atoms with van der Waals surface area (Å²) in [7, 11) is 0. The van der Waals surface area contributed by atoms with E-state index >= 15 is 0 Å². The molecule has 0 radical (unpaired) electrons. The van der Waals surface area contributed by atoms with Gasteiger partial charge in [0.25, 0.3) is 0 Å². The maximum atomic E-state index is 6.19. The molecule has 0 saturated heterocycles. The van der Waals surface area contributed by atoms with Crippen molar-refractivity contribution < 1.29 is 4.74 Å². The second-order valence-electron chi connectivity index (χ2n) is 4.46. The molecular weight excluding hydrogens is 210 g/mol. The van der Waals surface area contributed by atoms with Crippen LogP contribution in [0, 0.1) is 0 Å². The lowest BCUT2D eigenvalue weighted by Gasteiger charge is -2.13. The Hall–Kier alpha value is -1.02. The molecule has 0 aliphatic heterocycles. The van der Waals surface area contributed by atoms with Crippen LogP contribution in [-0.4, -0.2) is 6.61 Å². The summed E-state index contributed by atoms with van der Waals surface area (Å²) in [4.78, 5) is 0. The van der Waals surface area contributed by atoms with Crippen LogP contribution in [0.5, 0.6) is 5.75 Å². The molecule has 0 bridgehead atoms. The first-order valence-corrected chi connectivity index (χ1v) is 6.76. The minimum Gasteiger partial charge on any atom is -0.494 e. The minimum absolute atomic E-state index is 0.146. The van der Waals surface area contributed by atoms with Crippen LogP contribution < -0.4 is 10.5 Å². The SMILES string of the molecule is CCCCCCC(N)c1cccc(OCC)c1. The van der Waals surface area contributed by atoms with Crippen LogP contribution >= 0.6 is 0 Å². The fourth-order valence-electron chi connectivity index (χ4n) is 1.96. The van der Waals surface area contributed by atoms with Crippen molar-refractivity contribution in [1.82, 2.24) is 0 Å². The Bertz CT molecular complexity index is 312. The van der Waals surface area contributed by atoms with Crippen molar-refractivity contribution in [3.8, 4) is 5.75 Å². The molecule has 2 heteroatoms. The highest BCUT2D eigenvalue weighted by atomic mass is 16.5. The second kappa shape index (κ2) is 8.13. The molecule has 96 valence electrons. The maximum absolute atomic E-state index is 6.19. The molecule has 1 aromatic carbocycles. The molecule has 2 nitrogen and oxygen atoms in total. The number of benzene rings is 1. The largest absolute Gasteiger partial charge is 0.494 e. The summed E-state index contributed by atoms with van der Waals surface area (Å²) in [6.45, 7) is 4.93. The number of hydrogen-bond acceptors (Lipinski definition) is 2. The van der Waals surface area contributed by atoms with Crippen LogP contribution in [0.2, 0.25) is 0 Å². The number of rotatable bonds is 8. The zero-order valence-corrected chi connectivity index (χ0v) is 11.1. The molecular formula is C15H25NO. The van der Waals surface area contributed by atoms with Gasteiger partial charge in [0, 0.05) is 6.04 Å². The topological polar surface area (TPSA) is 35.2 Å². The van der Waals surface area contributed by atoms with Crippen molar-refractivity contribution in [3.63, 3.8) is 0 Å². The van der Waals surface area contributed by atoms with Gasteiger partial charge in [0.05, 0.1) is 6.61 Å². The molecule has 0 amide bonds. The maximum Gasteiger partial charge on any atom is 0.119 e. The van der Waals surface area contributed by atoms with Gasteiger partial charge in [-0.1, -0.05) is 44.7 Å². The lowest BCUT2D eigenvalue weighted by molar-refractivity contribution is 0.339. The van der Waals surface area contributed by atoms with Crippen LogP contribution in [0.15, 0.2) is 24.3 Å². The Morgan fingerprint density at radius 2 is 2.00 bits per heavy atom. The molecule has 0 aromatic heterocycles. The van der Waals surface area contributed by atoms with Gasteiger partial charge in [-0.15, -0.1) is 0 Å². The number of hydrogen-bond donors (Lipinski definition) is 1. The van der Waals surface area contributed by atoms with E-state index in [4.69, 9.17) is 10.5 Å². The van der Waals surface area contributed by atoms with Gasteiger partial charge in [-0.05, 0) is 31.0 Å². The van der Waals surface area contributed by atoms with E-state index in [9.17, 15) is 0 Å². The number of ether oxygens (including phenoxy) is 1. The first kappa shape index (κ1) is 14.0. The van der Waals surface area contributed by atoms with E-state index in [0.29, 0.717) is 6.61 Å². The second-order valence-corrected chi connectivity index (χ2v) is 4.46. The zero-order valence-electron chi connectivity index (χ0n) is 11.1. The summed E-state index contributed by atoms with van der Waals surface area (Å²) < 4.78 is 5.48. The van der Waals surface area contributed by atoms with Gasteiger partial charge in [-0.25, -0.2) is 0 Å². The molecule has 0 aliphatic carbocycles. The summed E-state index contributed by atoms with van der Waals surface area (Å²) in [6.07, 6.45) is 6.15. The lowest BCUT2D eigenvalue weighted by Crippen LogP contribution is -2.10. The molecule has 0 saturated carbocycles. The van der Waals surface area contributed by atoms with Gasteiger partial charge >= 0.3 is 0 Å². The predicted molar refractivity (Wildman–Crippen MR) is 73.3 cm³/mol. The summed E-state index contributed by atoms with van der Waals surface area (Å²) in [5.74, 6) is 0.925. The standard InChI is InChI=1S/C15H25NO/c1-3-5-6-7-11-15(16)13-9-8-10-14(12-13)17-4-2/h8-10,12,15H,3-7,11,16H2,1-2H3. The van der Waals surface area contributed by atoms with Crippen LogP contribution in [0.25, 0.3) is 0 Å². The highest BCUT2D eigenvalue weighted by Crippen LogP contribution is 2.21. The number of nitrogens with two attached hydrogens (primary N) is 1. The summed E-state index contributed by atoms with van der Waals surface area (Å²) >= 11 is 0. The monoisotopic (exact) mass is 235 g/mol. The molecule has 0 aliphatic rings. The van der Waals surface area contributed by atoms with Crippen molar-refractivity contribution in [2.75, 3.05) is 6.61 Å². The fourth-order valence-corrected chi connectivity index (χ4v) is 1.96. The molecule has 1 unspecified atom stereocenters. The average molecular weight is 235 g/mol. The highest BCUT2D eigenvalue weighted by Gasteiger charge is 2.06. The van der Waals surface area contributed by atoms with Crippen LogP contribution in [-0.2, 0) is 0 Å². The van der Waals surface area contributed by atoms with Crippen LogP contribution in [0.3, 0.4) is 0 Å². The third kappa shape index (κ3) is 5.22. The molecule has 17 heavy (non-hydrogen) atoms. The quantitative estimate of drug-likeness (QED) is 0.690. The van der Waals surface area contributed by atoms with E-state index < -0.39 is 0 Å². The average Bonchev–Trinajstić information content (AvgIpc) is 2.35. The van der Waals surface area contributed by atoms with Gasteiger partial charge < -0.3 is 10.5 Å².